The van der Waals surface area contributed by atoms with E-state index in [-0.39, 0.29) is 17.5 Å². The number of aromatic nitrogens is 1. The van der Waals surface area contributed by atoms with E-state index in [0.717, 1.165) is 12.6 Å². The van der Waals surface area contributed by atoms with Crippen LogP contribution >= 0.6 is 0 Å². The van der Waals surface area contributed by atoms with Crippen molar-refractivity contribution in [2.24, 2.45) is 0 Å². The van der Waals surface area contributed by atoms with Gasteiger partial charge in [-0.3, -0.25) is 4.79 Å². The summed E-state index contributed by atoms with van der Waals surface area (Å²) in [5, 5.41) is 2.78. The maximum absolute atomic E-state index is 12.8. The largest absolute Gasteiger partial charge is 0.348 e. The van der Waals surface area contributed by atoms with Gasteiger partial charge in [0.1, 0.15) is 0 Å². The first-order chi connectivity index (χ1) is 7.49. The first kappa shape index (κ1) is 12.6. The van der Waals surface area contributed by atoms with E-state index in [1.165, 1.54) is 12.3 Å². The molecular formula is C11H16FN3O. The molecule has 0 saturated heterocycles. The number of likely N-dealkylation sites (N-methyl/N-ethyl adjacent to an activating group) is 1. The van der Waals surface area contributed by atoms with Gasteiger partial charge in [-0.2, -0.15) is 4.39 Å². The zero-order valence-corrected chi connectivity index (χ0v) is 9.70. The third-order valence-electron chi connectivity index (χ3n) is 2.01. The summed E-state index contributed by atoms with van der Waals surface area (Å²) in [6.45, 7) is 2.63. The van der Waals surface area contributed by atoms with Crippen LogP contribution in [0.15, 0.2) is 18.3 Å². The molecule has 1 rings (SSSR count). The molecule has 0 bridgehead atoms. The molecule has 1 amide bonds. The monoisotopic (exact) mass is 225 g/mol. The molecule has 0 radical (unpaired) electrons. The molecule has 0 saturated carbocycles. The molecule has 1 unspecified atom stereocenters. The second kappa shape index (κ2) is 5.55. The van der Waals surface area contributed by atoms with Crippen LogP contribution < -0.4 is 5.32 Å². The average molecular weight is 225 g/mol. The lowest BCUT2D eigenvalue weighted by atomic mass is 10.2. The van der Waals surface area contributed by atoms with Gasteiger partial charge < -0.3 is 10.2 Å². The molecule has 0 aliphatic heterocycles. The van der Waals surface area contributed by atoms with Crippen LogP contribution in [0.2, 0.25) is 0 Å². The Labute approximate surface area is 94.5 Å². The zero-order valence-electron chi connectivity index (χ0n) is 9.70. The molecule has 1 N–H and O–H groups in total. The maximum Gasteiger partial charge on any atom is 0.251 e. The normalized spacial score (nSPS) is 12.6. The molecule has 0 aliphatic rings. The Morgan fingerprint density at radius 1 is 1.62 bits per heavy atom. The molecule has 1 heterocycles. The van der Waals surface area contributed by atoms with Crippen molar-refractivity contribution in [1.29, 1.82) is 0 Å². The van der Waals surface area contributed by atoms with Crippen LogP contribution in [0.4, 0.5) is 4.39 Å². The number of hydrogen-bond acceptors (Lipinski definition) is 3. The Kier molecular flexibility index (Phi) is 4.37. The van der Waals surface area contributed by atoms with E-state index in [1.54, 1.807) is 0 Å². The standard InChI is InChI=1S/C11H16FN3O/c1-8(7-15(2)3)14-11(16)9-4-5-13-10(12)6-9/h4-6,8H,7H2,1-3H3,(H,14,16). The van der Waals surface area contributed by atoms with E-state index in [2.05, 4.69) is 10.3 Å². The summed E-state index contributed by atoms with van der Waals surface area (Å²) in [5.41, 5.74) is 0.290. The summed E-state index contributed by atoms with van der Waals surface area (Å²) in [7, 11) is 3.85. The topological polar surface area (TPSA) is 45.2 Å². The number of hydrogen-bond donors (Lipinski definition) is 1. The lowest BCUT2D eigenvalue weighted by Crippen LogP contribution is -2.39. The molecule has 4 nitrogen and oxygen atoms in total. The summed E-state index contributed by atoms with van der Waals surface area (Å²) in [6.07, 6.45) is 1.28. The maximum atomic E-state index is 12.8. The van der Waals surface area contributed by atoms with Crippen LogP contribution in [0, 0.1) is 5.95 Å². The number of pyridine rings is 1. The minimum atomic E-state index is -0.645. The van der Waals surface area contributed by atoms with Crippen molar-refractivity contribution in [3.63, 3.8) is 0 Å². The predicted molar refractivity (Wildman–Crippen MR) is 59.7 cm³/mol. The summed E-state index contributed by atoms with van der Waals surface area (Å²) in [6, 6.07) is 2.62. The second-order valence-electron chi connectivity index (χ2n) is 4.00. The Morgan fingerprint density at radius 2 is 2.31 bits per heavy atom. The van der Waals surface area contributed by atoms with Gasteiger partial charge in [0.2, 0.25) is 5.95 Å². The molecule has 1 aromatic heterocycles. The quantitative estimate of drug-likeness (QED) is 0.774. The first-order valence-corrected chi connectivity index (χ1v) is 5.06. The first-order valence-electron chi connectivity index (χ1n) is 5.06. The van der Waals surface area contributed by atoms with Crippen molar-refractivity contribution >= 4 is 5.91 Å². The fourth-order valence-corrected chi connectivity index (χ4v) is 1.44. The van der Waals surface area contributed by atoms with Crippen molar-refractivity contribution in [2.75, 3.05) is 20.6 Å². The van der Waals surface area contributed by atoms with Gasteiger partial charge in [0.15, 0.2) is 0 Å². The van der Waals surface area contributed by atoms with Crippen LogP contribution in [0.25, 0.3) is 0 Å². The highest BCUT2D eigenvalue weighted by Gasteiger charge is 2.10. The fraction of sp³-hybridized carbons (Fsp3) is 0.455. The second-order valence-corrected chi connectivity index (χ2v) is 4.00. The minimum absolute atomic E-state index is 0.0127. The van der Waals surface area contributed by atoms with E-state index in [1.807, 2.05) is 25.9 Å². The third kappa shape index (κ3) is 3.94. The lowest BCUT2D eigenvalue weighted by molar-refractivity contribution is 0.0933. The Bertz CT molecular complexity index is 368. The number of nitrogens with zero attached hydrogens (tertiary/aromatic N) is 2. The van der Waals surface area contributed by atoms with Gasteiger partial charge in [-0.25, -0.2) is 4.98 Å². The van der Waals surface area contributed by atoms with Crippen LogP contribution in [0.5, 0.6) is 0 Å². The summed E-state index contributed by atoms with van der Waals surface area (Å²) >= 11 is 0. The minimum Gasteiger partial charge on any atom is -0.348 e. The lowest BCUT2D eigenvalue weighted by Gasteiger charge is -2.18. The SMILES string of the molecule is CC(CN(C)C)NC(=O)c1ccnc(F)c1. The van der Waals surface area contributed by atoms with Crippen molar-refractivity contribution < 1.29 is 9.18 Å². The van der Waals surface area contributed by atoms with E-state index < -0.39 is 5.95 Å². The molecule has 88 valence electrons. The van der Waals surface area contributed by atoms with Gasteiger partial charge in [-0.05, 0) is 27.1 Å². The van der Waals surface area contributed by atoms with Crippen molar-refractivity contribution in [3.05, 3.63) is 29.8 Å². The fourth-order valence-electron chi connectivity index (χ4n) is 1.44. The molecule has 0 spiro atoms. The number of nitrogens with one attached hydrogen (secondary N) is 1. The van der Waals surface area contributed by atoms with Gasteiger partial charge in [-0.15, -0.1) is 0 Å². The van der Waals surface area contributed by atoms with Crippen LogP contribution in [-0.2, 0) is 0 Å². The van der Waals surface area contributed by atoms with Gasteiger partial charge in [0.25, 0.3) is 5.91 Å². The number of rotatable bonds is 4. The van der Waals surface area contributed by atoms with Gasteiger partial charge in [-0.1, -0.05) is 0 Å². The summed E-state index contributed by atoms with van der Waals surface area (Å²) in [4.78, 5) is 17.0. The van der Waals surface area contributed by atoms with Crippen LogP contribution in [-0.4, -0.2) is 42.5 Å². The van der Waals surface area contributed by atoms with Crippen molar-refractivity contribution in [3.8, 4) is 0 Å². The zero-order chi connectivity index (χ0) is 12.1. The predicted octanol–water partition coefficient (Wildman–Crippen LogP) is 0.901. The molecular weight excluding hydrogens is 209 g/mol. The molecule has 1 atom stereocenters. The molecule has 0 aromatic carbocycles. The van der Waals surface area contributed by atoms with Crippen molar-refractivity contribution in [2.45, 2.75) is 13.0 Å². The van der Waals surface area contributed by atoms with E-state index in [9.17, 15) is 9.18 Å². The molecule has 0 aliphatic carbocycles. The Balaban J connectivity index is 2.59. The number of carbonyl (C=O) groups excluding carboxylic acids is 1. The van der Waals surface area contributed by atoms with Crippen molar-refractivity contribution in [1.82, 2.24) is 15.2 Å². The molecule has 1 aromatic rings. The van der Waals surface area contributed by atoms with E-state index >= 15 is 0 Å². The highest BCUT2D eigenvalue weighted by Crippen LogP contribution is 2.00. The average Bonchev–Trinajstić information content (AvgIpc) is 2.16. The van der Waals surface area contributed by atoms with Crippen LogP contribution in [0.3, 0.4) is 0 Å². The third-order valence-corrected chi connectivity index (χ3v) is 2.01. The molecule has 5 heteroatoms. The number of amides is 1. The molecule has 0 fully saturated rings. The highest BCUT2D eigenvalue weighted by molar-refractivity contribution is 5.94. The smallest absolute Gasteiger partial charge is 0.251 e. The number of halogens is 1. The molecule has 16 heavy (non-hydrogen) atoms. The van der Waals surface area contributed by atoms with Gasteiger partial charge in [0, 0.05) is 30.4 Å². The summed E-state index contributed by atoms with van der Waals surface area (Å²) in [5.74, 6) is -0.927. The highest BCUT2D eigenvalue weighted by atomic mass is 19.1. The number of carbonyl (C=O) groups is 1. The van der Waals surface area contributed by atoms with E-state index in [0.29, 0.717) is 0 Å². The Morgan fingerprint density at radius 3 is 2.88 bits per heavy atom. The van der Waals surface area contributed by atoms with E-state index in [4.69, 9.17) is 0 Å². The van der Waals surface area contributed by atoms with Gasteiger partial charge in [0.05, 0.1) is 0 Å². The summed E-state index contributed by atoms with van der Waals surface area (Å²) < 4.78 is 12.8. The van der Waals surface area contributed by atoms with Gasteiger partial charge >= 0.3 is 0 Å². The van der Waals surface area contributed by atoms with Crippen LogP contribution in [0.1, 0.15) is 17.3 Å². The Hall–Kier alpha value is -1.49.